The third kappa shape index (κ3) is 4.60. The molecule has 7 heteroatoms. The van der Waals surface area contributed by atoms with Gasteiger partial charge in [0, 0.05) is 12.3 Å². The van der Waals surface area contributed by atoms with Gasteiger partial charge in [-0.2, -0.15) is 11.8 Å². The van der Waals surface area contributed by atoms with Gasteiger partial charge >= 0.3 is 0 Å². The Balaban J connectivity index is 1.64. The highest BCUT2D eigenvalue weighted by molar-refractivity contribution is 7.98. The summed E-state index contributed by atoms with van der Waals surface area (Å²) in [5.74, 6) is 2.29. The van der Waals surface area contributed by atoms with E-state index in [0.717, 1.165) is 33.9 Å². The molecule has 0 spiro atoms. The van der Waals surface area contributed by atoms with Crippen LogP contribution in [0.5, 0.6) is 0 Å². The van der Waals surface area contributed by atoms with E-state index in [2.05, 4.69) is 10.3 Å². The van der Waals surface area contributed by atoms with Crippen LogP contribution in [0, 0.1) is 20.8 Å². The van der Waals surface area contributed by atoms with Crippen molar-refractivity contribution in [2.45, 2.75) is 33.1 Å². The van der Waals surface area contributed by atoms with Gasteiger partial charge in [-0.1, -0.05) is 0 Å². The molecule has 0 saturated heterocycles. The highest BCUT2D eigenvalue weighted by atomic mass is 32.2. The molecule has 1 aromatic carbocycles. The Morgan fingerprint density at radius 2 is 2.04 bits per heavy atom. The number of carbonyl (C=O) groups excluding carboxylic acids is 1. The fraction of sp³-hybridized carbons (Fsp3) is 0.350. The number of nitrogens with zero attached hydrogens (tertiary/aromatic N) is 2. The smallest absolute Gasteiger partial charge is 0.272 e. The van der Waals surface area contributed by atoms with E-state index in [1.807, 2.05) is 38.1 Å². The first kappa shape index (κ1) is 19.2. The fourth-order valence-corrected chi connectivity index (χ4v) is 3.57. The minimum Gasteiger partial charge on any atom is -0.468 e. The molecule has 0 aliphatic carbocycles. The van der Waals surface area contributed by atoms with Gasteiger partial charge in [-0.15, -0.1) is 0 Å². The van der Waals surface area contributed by atoms with Crippen molar-refractivity contribution < 1.29 is 9.21 Å². The van der Waals surface area contributed by atoms with E-state index in [4.69, 9.17) is 4.42 Å². The van der Waals surface area contributed by atoms with Crippen LogP contribution in [0.3, 0.4) is 0 Å². The predicted molar refractivity (Wildman–Crippen MR) is 108 cm³/mol. The van der Waals surface area contributed by atoms with E-state index in [1.54, 1.807) is 24.9 Å². The van der Waals surface area contributed by atoms with Crippen molar-refractivity contribution in [3.63, 3.8) is 0 Å². The maximum Gasteiger partial charge on any atom is 0.272 e. The first-order chi connectivity index (χ1) is 13.0. The van der Waals surface area contributed by atoms with Crippen LogP contribution in [0.2, 0.25) is 0 Å². The molecule has 1 amide bonds. The van der Waals surface area contributed by atoms with E-state index < -0.39 is 0 Å². The van der Waals surface area contributed by atoms with Crippen molar-refractivity contribution in [3.05, 3.63) is 63.5 Å². The Labute approximate surface area is 162 Å². The molecule has 1 N–H and O–H groups in total. The van der Waals surface area contributed by atoms with Crippen LogP contribution >= 0.6 is 11.8 Å². The number of benzene rings is 1. The highest BCUT2D eigenvalue weighted by Gasteiger charge is 2.12. The molecule has 0 fully saturated rings. The number of thioether (sulfide) groups is 1. The predicted octanol–water partition coefficient (Wildman–Crippen LogP) is 2.96. The normalized spacial score (nSPS) is 11.1. The van der Waals surface area contributed by atoms with Gasteiger partial charge in [-0.05, 0) is 56.2 Å². The molecular weight excluding hydrogens is 362 g/mol. The lowest BCUT2D eigenvalue weighted by Crippen LogP contribution is -2.34. The molecule has 2 aromatic heterocycles. The van der Waals surface area contributed by atoms with Gasteiger partial charge in [0.05, 0.1) is 23.0 Å². The number of hydrogen-bond donors (Lipinski definition) is 1. The molecule has 0 atom stereocenters. The summed E-state index contributed by atoms with van der Waals surface area (Å²) in [7, 11) is 0. The van der Waals surface area contributed by atoms with Crippen LogP contribution in [0.1, 0.15) is 22.6 Å². The SMILES string of the molecule is Cc1cc2nc(C)c(=O)n(CC(=O)NCCSCc3ccco3)c2cc1C. The highest BCUT2D eigenvalue weighted by Crippen LogP contribution is 2.17. The van der Waals surface area contributed by atoms with E-state index >= 15 is 0 Å². The lowest BCUT2D eigenvalue weighted by atomic mass is 10.1. The van der Waals surface area contributed by atoms with Crippen LogP contribution in [0.4, 0.5) is 0 Å². The van der Waals surface area contributed by atoms with Gasteiger partial charge in [0.15, 0.2) is 0 Å². The van der Waals surface area contributed by atoms with E-state index in [-0.39, 0.29) is 18.0 Å². The fourth-order valence-electron chi connectivity index (χ4n) is 2.81. The van der Waals surface area contributed by atoms with Crippen molar-refractivity contribution in [1.29, 1.82) is 0 Å². The summed E-state index contributed by atoms with van der Waals surface area (Å²) >= 11 is 1.68. The number of nitrogens with one attached hydrogen (secondary N) is 1. The Kier molecular flexibility index (Phi) is 6.01. The zero-order valence-electron chi connectivity index (χ0n) is 15.7. The first-order valence-corrected chi connectivity index (χ1v) is 9.96. The van der Waals surface area contributed by atoms with Gasteiger partial charge in [-0.3, -0.25) is 14.2 Å². The summed E-state index contributed by atoms with van der Waals surface area (Å²) in [6.45, 7) is 6.20. The molecule has 3 rings (SSSR count). The molecule has 0 bridgehead atoms. The molecule has 27 heavy (non-hydrogen) atoms. The van der Waals surface area contributed by atoms with E-state index in [9.17, 15) is 9.59 Å². The molecule has 0 radical (unpaired) electrons. The number of rotatable bonds is 7. The van der Waals surface area contributed by atoms with Gasteiger partial charge in [0.1, 0.15) is 18.0 Å². The average Bonchev–Trinajstić information content (AvgIpc) is 3.14. The summed E-state index contributed by atoms with van der Waals surface area (Å²) in [5, 5.41) is 2.88. The molecule has 3 aromatic rings. The van der Waals surface area contributed by atoms with Gasteiger partial charge in [-0.25, -0.2) is 4.98 Å². The average molecular weight is 385 g/mol. The summed E-state index contributed by atoms with van der Waals surface area (Å²) in [4.78, 5) is 29.3. The Morgan fingerprint density at radius 3 is 2.78 bits per heavy atom. The number of amides is 1. The quantitative estimate of drug-likeness (QED) is 0.633. The molecule has 6 nitrogen and oxygen atoms in total. The molecular formula is C20H23N3O3S. The van der Waals surface area contributed by atoms with Crippen LogP contribution in [-0.4, -0.2) is 27.8 Å². The number of fused-ring (bicyclic) bond motifs is 1. The minimum atomic E-state index is -0.229. The van der Waals surface area contributed by atoms with Gasteiger partial charge < -0.3 is 9.73 Å². The maximum absolute atomic E-state index is 12.5. The van der Waals surface area contributed by atoms with E-state index in [1.165, 1.54) is 4.57 Å². The van der Waals surface area contributed by atoms with Crippen LogP contribution in [0.15, 0.2) is 39.7 Å². The Morgan fingerprint density at radius 1 is 1.26 bits per heavy atom. The molecule has 0 saturated carbocycles. The first-order valence-electron chi connectivity index (χ1n) is 8.81. The van der Waals surface area contributed by atoms with Crippen molar-refractivity contribution >= 4 is 28.7 Å². The second-order valence-electron chi connectivity index (χ2n) is 6.50. The molecule has 0 aliphatic heterocycles. The molecule has 0 unspecified atom stereocenters. The summed E-state index contributed by atoms with van der Waals surface area (Å²) < 4.78 is 6.78. The second-order valence-corrected chi connectivity index (χ2v) is 7.60. The second kappa shape index (κ2) is 8.43. The standard InChI is InChI=1S/C20H23N3O3S/c1-13-9-17-18(10-14(13)2)23(20(25)15(3)22-17)11-19(24)21-6-8-27-12-16-5-4-7-26-16/h4-5,7,9-10H,6,8,11-12H2,1-3H3,(H,21,24). The number of aromatic nitrogens is 2. The van der Waals surface area contributed by atoms with Crippen molar-refractivity contribution in [3.8, 4) is 0 Å². The van der Waals surface area contributed by atoms with Crippen molar-refractivity contribution in [1.82, 2.24) is 14.9 Å². The van der Waals surface area contributed by atoms with Crippen LogP contribution in [0.25, 0.3) is 11.0 Å². The zero-order chi connectivity index (χ0) is 19.4. The largest absolute Gasteiger partial charge is 0.468 e. The number of aryl methyl sites for hydroxylation is 3. The molecule has 142 valence electrons. The van der Waals surface area contributed by atoms with Crippen LogP contribution in [-0.2, 0) is 17.1 Å². The summed E-state index contributed by atoms with van der Waals surface area (Å²) in [6, 6.07) is 7.67. The van der Waals surface area contributed by atoms with Gasteiger partial charge in [0.2, 0.25) is 5.91 Å². The molecule has 2 heterocycles. The topological polar surface area (TPSA) is 77.1 Å². The lowest BCUT2D eigenvalue weighted by molar-refractivity contribution is -0.121. The zero-order valence-corrected chi connectivity index (χ0v) is 16.6. The monoisotopic (exact) mass is 385 g/mol. The van der Waals surface area contributed by atoms with Crippen molar-refractivity contribution in [2.24, 2.45) is 0 Å². The van der Waals surface area contributed by atoms with Crippen LogP contribution < -0.4 is 10.9 Å². The molecule has 0 aliphatic rings. The number of hydrogen-bond acceptors (Lipinski definition) is 5. The summed E-state index contributed by atoms with van der Waals surface area (Å²) in [6.07, 6.45) is 1.65. The number of furan rings is 1. The maximum atomic E-state index is 12.5. The van der Waals surface area contributed by atoms with Crippen molar-refractivity contribution in [2.75, 3.05) is 12.3 Å². The Bertz CT molecular complexity index is 1010. The summed E-state index contributed by atoms with van der Waals surface area (Å²) in [5.41, 5.74) is 3.77. The third-order valence-corrected chi connectivity index (χ3v) is 5.40. The van der Waals surface area contributed by atoms with Gasteiger partial charge in [0.25, 0.3) is 5.56 Å². The minimum absolute atomic E-state index is 0.00988. The lowest BCUT2D eigenvalue weighted by Gasteiger charge is -2.13. The Hall–Kier alpha value is -2.54. The number of carbonyl (C=O) groups is 1. The third-order valence-electron chi connectivity index (χ3n) is 4.42. The van der Waals surface area contributed by atoms with E-state index in [0.29, 0.717) is 17.8 Å².